The number of nitrogens with one attached hydrogen (secondary N) is 1. The molecular formula is C15H15NO2. The Morgan fingerprint density at radius 1 is 1.06 bits per heavy atom. The first-order chi connectivity index (χ1) is 8.58. The molecule has 0 saturated carbocycles. The largest absolute Gasteiger partial charge is 0.508 e. The monoisotopic (exact) mass is 241 g/mol. The molecule has 18 heavy (non-hydrogen) atoms. The molecule has 3 heteroatoms. The van der Waals surface area contributed by atoms with Crippen LogP contribution in [0.4, 0.5) is 5.69 Å². The third kappa shape index (κ3) is 2.51. The number of benzene rings is 2. The number of anilines is 1. The second-order valence-corrected chi connectivity index (χ2v) is 4.27. The van der Waals surface area contributed by atoms with E-state index in [9.17, 15) is 9.90 Å². The summed E-state index contributed by atoms with van der Waals surface area (Å²) in [6.07, 6.45) is 0. The minimum Gasteiger partial charge on any atom is -0.508 e. The fraction of sp³-hybridized carbons (Fsp3) is 0.133. The molecule has 0 radical (unpaired) electrons. The van der Waals surface area contributed by atoms with E-state index >= 15 is 0 Å². The van der Waals surface area contributed by atoms with E-state index in [2.05, 4.69) is 5.32 Å². The van der Waals surface area contributed by atoms with E-state index in [-0.39, 0.29) is 11.7 Å². The van der Waals surface area contributed by atoms with Gasteiger partial charge in [-0.25, -0.2) is 0 Å². The van der Waals surface area contributed by atoms with Gasteiger partial charge in [0.1, 0.15) is 5.75 Å². The number of phenols is 1. The molecule has 1 amide bonds. The molecule has 3 nitrogen and oxygen atoms in total. The van der Waals surface area contributed by atoms with Gasteiger partial charge in [-0.15, -0.1) is 0 Å². The molecule has 0 spiro atoms. The van der Waals surface area contributed by atoms with Crippen molar-refractivity contribution >= 4 is 11.6 Å². The topological polar surface area (TPSA) is 49.3 Å². The third-order valence-electron chi connectivity index (χ3n) is 2.81. The first-order valence-electron chi connectivity index (χ1n) is 5.74. The maximum atomic E-state index is 12.2. The third-order valence-corrected chi connectivity index (χ3v) is 2.81. The number of rotatable bonds is 2. The quantitative estimate of drug-likeness (QED) is 0.847. The van der Waals surface area contributed by atoms with Crippen molar-refractivity contribution in [1.82, 2.24) is 0 Å². The fourth-order valence-electron chi connectivity index (χ4n) is 1.95. The summed E-state index contributed by atoms with van der Waals surface area (Å²) < 4.78 is 0. The standard InChI is InChI=1S/C15H15NO2/c1-10-5-3-6-11(2)14(10)15(18)16-12-7-4-8-13(17)9-12/h3-9,17H,1-2H3,(H,16,18). The molecular weight excluding hydrogens is 226 g/mol. The second-order valence-electron chi connectivity index (χ2n) is 4.27. The van der Waals surface area contributed by atoms with E-state index in [0.29, 0.717) is 11.3 Å². The highest BCUT2D eigenvalue weighted by Gasteiger charge is 2.11. The van der Waals surface area contributed by atoms with Gasteiger partial charge in [0.25, 0.3) is 5.91 Å². The van der Waals surface area contributed by atoms with E-state index in [1.54, 1.807) is 18.2 Å². The lowest BCUT2D eigenvalue weighted by Gasteiger charge is -2.10. The maximum Gasteiger partial charge on any atom is 0.256 e. The van der Waals surface area contributed by atoms with Crippen LogP contribution in [-0.2, 0) is 0 Å². The summed E-state index contributed by atoms with van der Waals surface area (Å²) in [7, 11) is 0. The molecule has 0 aliphatic carbocycles. The van der Waals surface area contributed by atoms with Crippen molar-refractivity contribution in [3.8, 4) is 5.75 Å². The Hall–Kier alpha value is -2.29. The zero-order valence-electron chi connectivity index (χ0n) is 10.4. The van der Waals surface area contributed by atoms with Crippen LogP contribution in [-0.4, -0.2) is 11.0 Å². The highest BCUT2D eigenvalue weighted by atomic mass is 16.3. The van der Waals surface area contributed by atoms with Gasteiger partial charge in [0.15, 0.2) is 0 Å². The van der Waals surface area contributed by atoms with Gasteiger partial charge in [-0.2, -0.15) is 0 Å². The predicted octanol–water partition coefficient (Wildman–Crippen LogP) is 3.26. The van der Waals surface area contributed by atoms with Gasteiger partial charge < -0.3 is 10.4 Å². The minimum atomic E-state index is -0.156. The molecule has 0 unspecified atom stereocenters. The van der Waals surface area contributed by atoms with E-state index in [1.165, 1.54) is 6.07 Å². The van der Waals surface area contributed by atoms with Crippen molar-refractivity contribution in [2.24, 2.45) is 0 Å². The first-order valence-corrected chi connectivity index (χ1v) is 5.74. The van der Waals surface area contributed by atoms with Gasteiger partial charge in [0.05, 0.1) is 0 Å². The first kappa shape index (κ1) is 12.2. The van der Waals surface area contributed by atoms with Gasteiger partial charge in [-0.05, 0) is 37.1 Å². The van der Waals surface area contributed by atoms with Crippen LogP contribution in [0.25, 0.3) is 0 Å². The highest BCUT2D eigenvalue weighted by molar-refractivity contribution is 6.06. The molecule has 0 aromatic heterocycles. The number of amides is 1. The maximum absolute atomic E-state index is 12.2. The Bertz CT molecular complexity index is 571. The summed E-state index contributed by atoms with van der Waals surface area (Å²) in [5, 5.41) is 12.1. The predicted molar refractivity (Wildman–Crippen MR) is 72.0 cm³/mol. The molecule has 0 heterocycles. The molecule has 0 bridgehead atoms. The number of carbonyl (C=O) groups excluding carboxylic acids is 1. The van der Waals surface area contributed by atoms with Gasteiger partial charge in [0, 0.05) is 17.3 Å². The average Bonchev–Trinajstić information content (AvgIpc) is 2.28. The molecule has 2 aromatic rings. The van der Waals surface area contributed by atoms with Crippen LogP contribution < -0.4 is 5.32 Å². The summed E-state index contributed by atoms with van der Waals surface area (Å²) in [6.45, 7) is 3.81. The van der Waals surface area contributed by atoms with Crippen LogP contribution in [0.5, 0.6) is 5.75 Å². The number of carbonyl (C=O) groups is 1. The van der Waals surface area contributed by atoms with Crippen molar-refractivity contribution in [2.45, 2.75) is 13.8 Å². The summed E-state index contributed by atoms with van der Waals surface area (Å²) in [5.41, 5.74) is 3.14. The molecule has 0 fully saturated rings. The van der Waals surface area contributed by atoms with E-state index < -0.39 is 0 Å². The van der Waals surface area contributed by atoms with Crippen LogP contribution in [0.2, 0.25) is 0 Å². The zero-order valence-corrected chi connectivity index (χ0v) is 10.4. The van der Waals surface area contributed by atoms with Crippen molar-refractivity contribution in [3.05, 3.63) is 59.2 Å². The van der Waals surface area contributed by atoms with Gasteiger partial charge in [-0.3, -0.25) is 4.79 Å². The lowest BCUT2D eigenvalue weighted by Crippen LogP contribution is -2.14. The Balaban J connectivity index is 2.28. The summed E-state index contributed by atoms with van der Waals surface area (Å²) in [6, 6.07) is 12.3. The second kappa shape index (κ2) is 4.92. The summed E-state index contributed by atoms with van der Waals surface area (Å²) >= 11 is 0. The van der Waals surface area contributed by atoms with E-state index in [4.69, 9.17) is 0 Å². The van der Waals surface area contributed by atoms with Gasteiger partial charge in [0.2, 0.25) is 0 Å². The van der Waals surface area contributed by atoms with Crippen molar-refractivity contribution in [1.29, 1.82) is 0 Å². The summed E-state index contributed by atoms with van der Waals surface area (Å²) in [5.74, 6) is -0.0227. The molecule has 2 N–H and O–H groups in total. The summed E-state index contributed by atoms with van der Waals surface area (Å²) in [4.78, 5) is 12.2. The van der Waals surface area contributed by atoms with Crippen molar-refractivity contribution in [2.75, 3.05) is 5.32 Å². The van der Waals surface area contributed by atoms with Crippen LogP contribution in [0.3, 0.4) is 0 Å². The lowest BCUT2D eigenvalue weighted by molar-refractivity contribution is 0.102. The lowest BCUT2D eigenvalue weighted by atomic mass is 10.0. The number of phenolic OH excluding ortho intramolecular Hbond substituents is 1. The van der Waals surface area contributed by atoms with Crippen LogP contribution in [0, 0.1) is 13.8 Å². The molecule has 2 aromatic carbocycles. The fourth-order valence-corrected chi connectivity index (χ4v) is 1.95. The average molecular weight is 241 g/mol. The zero-order chi connectivity index (χ0) is 13.1. The minimum absolute atomic E-state index is 0.134. The number of hydrogen-bond acceptors (Lipinski definition) is 2. The number of aromatic hydroxyl groups is 1. The Kier molecular flexibility index (Phi) is 3.33. The van der Waals surface area contributed by atoms with Crippen molar-refractivity contribution in [3.63, 3.8) is 0 Å². The van der Waals surface area contributed by atoms with Crippen LogP contribution in [0.15, 0.2) is 42.5 Å². The Labute approximate surface area is 106 Å². The highest BCUT2D eigenvalue weighted by Crippen LogP contribution is 2.19. The molecule has 2 rings (SSSR count). The van der Waals surface area contributed by atoms with E-state index in [1.807, 2.05) is 32.0 Å². The van der Waals surface area contributed by atoms with Crippen molar-refractivity contribution < 1.29 is 9.90 Å². The smallest absolute Gasteiger partial charge is 0.256 e. The normalized spacial score (nSPS) is 10.1. The molecule has 0 aliphatic rings. The molecule has 0 atom stereocenters. The Morgan fingerprint density at radius 3 is 2.28 bits per heavy atom. The van der Waals surface area contributed by atoms with Crippen LogP contribution >= 0.6 is 0 Å². The molecule has 0 saturated heterocycles. The van der Waals surface area contributed by atoms with Gasteiger partial charge >= 0.3 is 0 Å². The van der Waals surface area contributed by atoms with Gasteiger partial charge in [-0.1, -0.05) is 24.3 Å². The number of aryl methyl sites for hydroxylation is 2. The Morgan fingerprint density at radius 2 is 1.67 bits per heavy atom. The molecule has 92 valence electrons. The van der Waals surface area contributed by atoms with E-state index in [0.717, 1.165) is 11.1 Å². The molecule has 0 aliphatic heterocycles. The van der Waals surface area contributed by atoms with Crippen LogP contribution in [0.1, 0.15) is 21.5 Å². The number of hydrogen-bond donors (Lipinski definition) is 2. The SMILES string of the molecule is Cc1cccc(C)c1C(=O)Nc1cccc(O)c1.